The van der Waals surface area contributed by atoms with Crippen molar-refractivity contribution >= 4 is 17.3 Å². The fourth-order valence-electron chi connectivity index (χ4n) is 1.81. The second-order valence-corrected chi connectivity index (χ2v) is 4.09. The topological polar surface area (TPSA) is 54.5 Å². The second kappa shape index (κ2) is 7.45. The van der Waals surface area contributed by atoms with Crippen LogP contribution in [0.4, 0.5) is 5.69 Å². The molecule has 0 atom stereocenters. The van der Waals surface area contributed by atoms with Gasteiger partial charge in [0.25, 0.3) is 0 Å². The van der Waals surface area contributed by atoms with Crippen LogP contribution in [0.5, 0.6) is 5.75 Å². The maximum absolute atomic E-state index is 11.9. The van der Waals surface area contributed by atoms with Crippen LogP contribution in [0.1, 0.15) is 15.9 Å². The quantitative estimate of drug-likeness (QED) is 0.600. The molecule has 0 saturated heterocycles. The molecular weight excluding hydrogens is 254 g/mol. The maximum Gasteiger partial charge on any atom is 1.00 e. The van der Waals surface area contributed by atoms with Gasteiger partial charge < -0.3 is 20.4 Å². The van der Waals surface area contributed by atoms with Crippen molar-refractivity contribution in [2.45, 2.75) is 0 Å². The van der Waals surface area contributed by atoms with Crippen molar-refractivity contribution in [3.05, 3.63) is 77.0 Å². The van der Waals surface area contributed by atoms with Crippen molar-refractivity contribution in [2.24, 2.45) is 0 Å². The van der Waals surface area contributed by atoms with Crippen molar-refractivity contribution in [1.82, 2.24) is 0 Å². The van der Waals surface area contributed by atoms with Gasteiger partial charge >= 0.3 is 37.7 Å². The Bertz CT molecular complexity index is 660. The van der Waals surface area contributed by atoms with Gasteiger partial charge in [0.15, 0.2) is 0 Å². The summed E-state index contributed by atoms with van der Waals surface area (Å²) in [6.45, 7) is 3.74. The monoisotopic (exact) mass is 264 g/mol. The molecule has 94 valence electrons. The van der Waals surface area contributed by atoms with E-state index in [1.807, 2.05) is 6.07 Å². The number of benzene rings is 2. The molecule has 0 radical (unpaired) electrons. The Morgan fingerprint density at radius 1 is 1.10 bits per heavy atom. The molecule has 1 amide bonds. The molecule has 1 aliphatic heterocycles. The van der Waals surface area contributed by atoms with Gasteiger partial charge in [-0.2, -0.15) is 0 Å². The van der Waals surface area contributed by atoms with Crippen LogP contribution in [0.25, 0.3) is 16.5 Å². The molecule has 0 spiro atoms. The third kappa shape index (κ3) is 3.76. The van der Waals surface area contributed by atoms with Crippen LogP contribution >= 0.6 is 0 Å². The first-order valence-electron chi connectivity index (χ1n) is 5.76. The van der Waals surface area contributed by atoms with E-state index in [9.17, 15) is 4.79 Å². The molecule has 21 heavy (non-hydrogen) atoms. The molecule has 0 bridgehead atoms. The van der Waals surface area contributed by atoms with Gasteiger partial charge in [-0.25, -0.2) is 0 Å². The molecule has 0 unspecified atom stereocenters. The fraction of sp³-hybridized carbons (Fsp3) is 0. The summed E-state index contributed by atoms with van der Waals surface area (Å²) in [4.78, 5) is 17.0. The average Bonchev–Trinajstić information content (AvgIpc) is 2.81. The van der Waals surface area contributed by atoms with Crippen LogP contribution in [0.2, 0.25) is 0 Å². The predicted molar refractivity (Wildman–Crippen MR) is 73.3 cm³/mol. The summed E-state index contributed by atoms with van der Waals surface area (Å²) in [6.07, 6.45) is 0. The summed E-state index contributed by atoms with van der Waals surface area (Å²) in [5.41, 5.74) is 6.26. The van der Waals surface area contributed by atoms with Crippen LogP contribution in [-0.4, -0.2) is 5.91 Å². The normalized spacial score (nSPS) is 11.1. The molecule has 1 aliphatic rings. The first-order valence-corrected chi connectivity index (χ1v) is 5.76. The molecule has 1 heterocycles. The summed E-state index contributed by atoms with van der Waals surface area (Å²) >= 11 is 0. The maximum atomic E-state index is 11.9. The van der Waals surface area contributed by atoms with Gasteiger partial charge in [-0.3, -0.25) is 0 Å². The van der Waals surface area contributed by atoms with Crippen molar-refractivity contribution in [1.29, 1.82) is 0 Å². The predicted octanol–water partition coefficient (Wildman–Crippen LogP) is -1.81. The van der Waals surface area contributed by atoms with Gasteiger partial charge in [0, 0.05) is 5.56 Å². The van der Waals surface area contributed by atoms with Crippen molar-refractivity contribution in [2.75, 3.05) is 0 Å². The van der Waals surface area contributed by atoms with E-state index in [2.05, 4.69) is 17.4 Å². The molecule has 2 aromatic carbocycles. The number of carbonyl (C=O) groups excluding carboxylic acids is 1. The number of nitrogens with zero attached hydrogens (tertiary/aromatic N) is 2. The Hall–Kier alpha value is -1.56. The number of rotatable bonds is 2. The van der Waals surface area contributed by atoms with Gasteiger partial charge in [0.05, 0.1) is 5.91 Å². The average molecular weight is 264 g/mol. The minimum absolute atomic E-state index is 0. The van der Waals surface area contributed by atoms with Crippen molar-refractivity contribution in [3.8, 4) is 5.75 Å². The van der Waals surface area contributed by atoms with Gasteiger partial charge in [-0.05, 0) is 11.6 Å². The standard InChI is InChI=1S/C15H11N2O2.2Li/c1-10-13-8-7-12(9-14(13)19-17-10)16-15(18)11-5-3-2-4-6-11;;/h2-9H,1H2,(H,16,18);;/q-1;2*+1/p-1. The van der Waals surface area contributed by atoms with E-state index in [4.69, 9.17) is 4.84 Å². The van der Waals surface area contributed by atoms with E-state index in [-0.39, 0.29) is 43.6 Å². The minimum Gasteiger partial charge on any atom is -0.623 e. The Balaban J connectivity index is 0.00000110. The molecule has 0 N–H and O–H groups in total. The van der Waals surface area contributed by atoms with Gasteiger partial charge in [-0.15, -0.1) is 18.0 Å². The second-order valence-electron chi connectivity index (χ2n) is 4.09. The fourth-order valence-corrected chi connectivity index (χ4v) is 1.81. The number of hydroxylamine groups is 1. The number of amides is 1. The molecule has 0 aromatic heterocycles. The van der Waals surface area contributed by atoms with E-state index in [1.165, 1.54) is 0 Å². The first-order chi connectivity index (χ1) is 9.24. The van der Waals surface area contributed by atoms with Gasteiger partial charge in [-0.1, -0.05) is 42.5 Å². The molecule has 6 heteroatoms. The van der Waals surface area contributed by atoms with Crippen molar-refractivity contribution in [3.63, 3.8) is 0 Å². The number of hydrogen-bond donors (Lipinski definition) is 0. The van der Waals surface area contributed by atoms with E-state index >= 15 is 0 Å². The first kappa shape index (κ1) is 17.5. The summed E-state index contributed by atoms with van der Waals surface area (Å²) < 4.78 is 0. The molecule has 0 saturated carbocycles. The molecule has 3 rings (SSSR count). The molecule has 4 nitrogen and oxygen atoms in total. The zero-order chi connectivity index (χ0) is 13.2. The molecule has 2 aromatic rings. The Kier molecular flexibility index (Phi) is 6.21. The molecule has 0 aliphatic carbocycles. The number of carbonyl (C=O) groups is 1. The van der Waals surface area contributed by atoms with Crippen LogP contribution in [-0.2, 0) is 0 Å². The summed E-state index contributed by atoms with van der Waals surface area (Å²) in [5.74, 6) is 0.293. The van der Waals surface area contributed by atoms with E-state index in [1.54, 1.807) is 42.5 Å². The molecular formula is C15H10Li2N2O2. The van der Waals surface area contributed by atoms with E-state index < -0.39 is 0 Å². The molecule has 0 fully saturated rings. The third-order valence-corrected chi connectivity index (χ3v) is 2.78. The Labute approximate surface area is 147 Å². The number of fused-ring (bicyclic) bond motifs is 1. The van der Waals surface area contributed by atoms with E-state index in [0.29, 0.717) is 22.7 Å². The largest absolute Gasteiger partial charge is 1.00 e. The smallest absolute Gasteiger partial charge is 0.623 e. The zero-order valence-electron chi connectivity index (χ0n) is 12.0. The minimum atomic E-state index is -0.283. The Morgan fingerprint density at radius 2 is 1.81 bits per heavy atom. The summed E-state index contributed by atoms with van der Waals surface area (Å²) in [5, 5.41) is 4.04. The summed E-state index contributed by atoms with van der Waals surface area (Å²) in [6, 6.07) is 14.1. The van der Waals surface area contributed by atoms with Crippen molar-refractivity contribution < 1.29 is 47.4 Å². The SMILES string of the molecule is C=C1[N-]Oc2cc([N-]C(=O)c3ccccc3)ccc21.[Li+].[Li+]. The van der Waals surface area contributed by atoms with E-state index in [0.717, 1.165) is 5.56 Å². The third-order valence-electron chi connectivity index (χ3n) is 2.78. The number of hydrogen-bond acceptors (Lipinski definition) is 2. The van der Waals surface area contributed by atoms with Crippen LogP contribution < -0.4 is 42.6 Å². The van der Waals surface area contributed by atoms with Crippen LogP contribution in [0.3, 0.4) is 0 Å². The van der Waals surface area contributed by atoms with Crippen LogP contribution in [0.15, 0.2) is 55.1 Å². The van der Waals surface area contributed by atoms with Crippen LogP contribution in [0, 0.1) is 0 Å². The Morgan fingerprint density at radius 3 is 2.52 bits per heavy atom. The summed E-state index contributed by atoms with van der Waals surface area (Å²) in [7, 11) is 0. The zero-order valence-corrected chi connectivity index (χ0v) is 12.0. The van der Waals surface area contributed by atoms with Gasteiger partial charge in [0.2, 0.25) is 0 Å². The van der Waals surface area contributed by atoms with Gasteiger partial charge in [0.1, 0.15) is 5.75 Å².